The summed E-state index contributed by atoms with van der Waals surface area (Å²) in [5, 5.41) is 23.3. The molecule has 6 heteroatoms. The van der Waals surface area contributed by atoms with E-state index in [2.05, 4.69) is 43.5 Å². The standard InChI is InChI=1S/C76H147NO5/c1-3-5-7-9-11-13-15-16-42-45-49-52-56-60-64-68-74(79)73(72-78)77-75(80)69-65-61-57-53-50-46-43-40-38-36-34-32-30-28-26-24-22-20-18-17-19-21-23-25-27-29-31-33-35-37-39-41-44-47-51-55-59-63-67-71-82-76(81)70-66-62-58-54-48-14-12-10-8-6-4-2/h10,12,17-18,73-74,78-79H,3-9,11,13-16,19-72H2,1-2H3,(H,77,80)/b12-10-,18-17-. The van der Waals surface area contributed by atoms with E-state index < -0.39 is 12.1 Å². The van der Waals surface area contributed by atoms with Crippen molar-refractivity contribution >= 4 is 11.9 Å². The fourth-order valence-electron chi connectivity index (χ4n) is 12.0. The lowest BCUT2D eigenvalue weighted by Crippen LogP contribution is -2.45. The fourth-order valence-corrected chi connectivity index (χ4v) is 12.0. The molecule has 0 aliphatic carbocycles. The summed E-state index contributed by atoms with van der Waals surface area (Å²) >= 11 is 0. The Kier molecular flexibility index (Phi) is 70.4. The number of ether oxygens (including phenoxy) is 1. The van der Waals surface area contributed by atoms with E-state index >= 15 is 0 Å². The van der Waals surface area contributed by atoms with Crippen molar-refractivity contribution in [3.05, 3.63) is 24.3 Å². The number of unbranched alkanes of at least 4 members (excludes halogenated alkanes) is 56. The van der Waals surface area contributed by atoms with Crippen molar-refractivity contribution in [3.63, 3.8) is 0 Å². The Labute approximate surface area is 513 Å². The maximum Gasteiger partial charge on any atom is 0.305 e. The van der Waals surface area contributed by atoms with Crippen LogP contribution in [0.3, 0.4) is 0 Å². The van der Waals surface area contributed by atoms with Gasteiger partial charge in [-0.1, -0.05) is 366 Å². The topological polar surface area (TPSA) is 95.9 Å². The van der Waals surface area contributed by atoms with Gasteiger partial charge in [0.1, 0.15) is 0 Å². The van der Waals surface area contributed by atoms with Gasteiger partial charge in [0.2, 0.25) is 5.91 Å². The number of rotatable bonds is 71. The van der Waals surface area contributed by atoms with Crippen LogP contribution in [0.5, 0.6) is 0 Å². The van der Waals surface area contributed by atoms with Crippen LogP contribution in [0.25, 0.3) is 0 Å². The molecule has 6 nitrogen and oxygen atoms in total. The molecule has 0 fully saturated rings. The zero-order valence-corrected chi connectivity index (χ0v) is 55.8. The molecule has 0 heterocycles. The van der Waals surface area contributed by atoms with Gasteiger partial charge >= 0.3 is 5.97 Å². The monoisotopic (exact) mass is 1150 g/mol. The van der Waals surface area contributed by atoms with Crippen LogP contribution in [0, 0.1) is 0 Å². The minimum atomic E-state index is -0.660. The summed E-state index contributed by atoms with van der Waals surface area (Å²) in [6.07, 6.45) is 91.3. The molecular formula is C76H147NO5. The number of aliphatic hydroxyl groups excluding tert-OH is 2. The summed E-state index contributed by atoms with van der Waals surface area (Å²) in [5.74, 6) is -0.0154. The molecule has 0 aromatic carbocycles. The first-order valence-electron chi connectivity index (χ1n) is 37.6. The van der Waals surface area contributed by atoms with Crippen LogP contribution in [0.4, 0.5) is 0 Å². The van der Waals surface area contributed by atoms with Gasteiger partial charge in [-0.05, 0) is 70.6 Å². The molecular weight excluding hydrogens is 1010 g/mol. The fraction of sp³-hybridized carbons (Fsp3) is 0.921. The van der Waals surface area contributed by atoms with E-state index in [0.717, 1.165) is 44.9 Å². The molecule has 1 amide bonds. The van der Waals surface area contributed by atoms with Crippen LogP contribution in [-0.4, -0.2) is 47.4 Å². The predicted octanol–water partition coefficient (Wildman–Crippen LogP) is 24.5. The molecule has 0 radical (unpaired) electrons. The number of carbonyl (C=O) groups excluding carboxylic acids is 2. The Morgan fingerprint density at radius 1 is 0.329 bits per heavy atom. The Bertz CT molecular complexity index is 1280. The highest BCUT2D eigenvalue weighted by Gasteiger charge is 2.20. The van der Waals surface area contributed by atoms with Crippen molar-refractivity contribution in [1.29, 1.82) is 0 Å². The van der Waals surface area contributed by atoms with Gasteiger partial charge in [-0.25, -0.2) is 0 Å². The lowest BCUT2D eigenvalue weighted by molar-refractivity contribution is -0.143. The van der Waals surface area contributed by atoms with E-state index in [9.17, 15) is 19.8 Å². The Morgan fingerprint density at radius 2 is 0.585 bits per heavy atom. The quantitative estimate of drug-likeness (QED) is 0.0320. The van der Waals surface area contributed by atoms with E-state index in [-0.39, 0.29) is 18.5 Å². The van der Waals surface area contributed by atoms with Crippen molar-refractivity contribution in [3.8, 4) is 0 Å². The molecule has 0 saturated heterocycles. The number of esters is 1. The van der Waals surface area contributed by atoms with Crippen molar-refractivity contribution in [1.82, 2.24) is 5.32 Å². The lowest BCUT2D eigenvalue weighted by Gasteiger charge is -2.22. The molecule has 2 unspecified atom stereocenters. The first-order chi connectivity index (χ1) is 40.5. The first-order valence-corrected chi connectivity index (χ1v) is 37.6. The van der Waals surface area contributed by atoms with Gasteiger partial charge in [0.25, 0.3) is 0 Å². The van der Waals surface area contributed by atoms with E-state index in [4.69, 9.17) is 4.74 Å². The third-order valence-electron chi connectivity index (χ3n) is 17.7. The smallest absolute Gasteiger partial charge is 0.305 e. The van der Waals surface area contributed by atoms with E-state index in [1.165, 1.54) is 347 Å². The van der Waals surface area contributed by atoms with Gasteiger partial charge in [-0.2, -0.15) is 0 Å². The number of amides is 1. The summed E-state index contributed by atoms with van der Waals surface area (Å²) in [6.45, 7) is 4.95. The highest BCUT2D eigenvalue weighted by molar-refractivity contribution is 5.76. The lowest BCUT2D eigenvalue weighted by atomic mass is 10.0. The van der Waals surface area contributed by atoms with Crippen LogP contribution in [0.2, 0.25) is 0 Å². The SMILES string of the molecule is CCCC/C=C\CCCCCCCC(=O)OCCCCCCCCCCCCCCCCCCCC/C=C\CCCCCCCCCCCCCCCCCCCC(=O)NC(CO)C(O)CCCCCCCCCCCCCCCCC. The Balaban J connectivity index is 3.31. The van der Waals surface area contributed by atoms with E-state index in [1.54, 1.807) is 0 Å². The van der Waals surface area contributed by atoms with Gasteiger partial charge in [-0.3, -0.25) is 9.59 Å². The predicted molar refractivity (Wildman–Crippen MR) is 361 cm³/mol. The number of nitrogens with one attached hydrogen (secondary N) is 1. The second kappa shape index (κ2) is 71.8. The average molecular weight is 1160 g/mol. The normalized spacial score (nSPS) is 12.6. The minimum Gasteiger partial charge on any atom is -0.466 e. The van der Waals surface area contributed by atoms with Gasteiger partial charge in [0, 0.05) is 12.8 Å². The molecule has 0 spiro atoms. The van der Waals surface area contributed by atoms with E-state index in [1.807, 2.05) is 0 Å². The number of allylic oxidation sites excluding steroid dienone is 4. The number of hydrogen-bond donors (Lipinski definition) is 3. The summed E-state index contributed by atoms with van der Waals surface area (Å²) in [7, 11) is 0. The molecule has 3 N–H and O–H groups in total. The third-order valence-corrected chi connectivity index (χ3v) is 17.7. The molecule has 0 aliphatic rings. The summed E-state index contributed by atoms with van der Waals surface area (Å²) in [5.41, 5.74) is 0. The van der Waals surface area contributed by atoms with Crippen LogP contribution in [0.15, 0.2) is 24.3 Å². The molecule has 82 heavy (non-hydrogen) atoms. The van der Waals surface area contributed by atoms with Crippen molar-refractivity contribution in [2.75, 3.05) is 13.2 Å². The number of hydrogen-bond acceptors (Lipinski definition) is 5. The minimum absolute atomic E-state index is 0.0118. The van der Waals surface area contributed by atoms with E-state index in [0.29, 0.717) is 25.9 Å². The molecule has 486 valence electrons. The summed E-state index contributed by atoms with van der Waals surface area (Å²) < 4.78 is 5.47. The van der Waals surface area contributed by atoms with Gasteiger partial charge < -0.3 is 20.3 Å². The molecule has 0 rings (SSSR count). The third kappa shape index (κ3) is 67.5. The van der Waals surface area contributed by atoms with Crippen molar-refractivity contribution < 1.29 is 24.5 Å². The zero-order valence-electron chi connectivity index (χ0n) is 55.8. The zero-order chi connectivity index (χ0) is 59.2. The summed E-state index contributed by atoms with van der Waals surface area (Å²) in [4.78, 5) is 24.5. The molecule has 0 bridgehead atoms. The number of aliphatic hydroxyl groups is 2. The molecule has 2 atom stereocenters. The molecule has 0 aromatic rings. The Morgan fingerprint density at radius 3 is 0.902 bits per heavy atom. The van der Waals surface area contributed by atoms with Crippen LogP contribution in [-0.2, 0) is 14.3 Å². The molecule has 0 aromatic heterocycles. The van der Waals surface area contributed by atoms with Crippen LogP contribution < -0.4 is 5.32 Å². The number of carbonyl (C=O) groups is 2. The second-order valence-corrected chi connectivity index (χ2v) is 26.0. The molecule has 0 saturated carbocycles. The summed E-state index contributed by atoms with van der Waals surface area (Å²) in [6, 6.07) is -0.537. The molecule has 0 aliphatic heterocycles. The maximum absolute atomic E-state index is 12.5. The average Bonchev–Trinajstić information content (AvgIpc) is 3.48. The largest absolute Gasteiger partial charge is 0.466 e. The Hall–Kier alpha value is -1.66. The van der Waals surface area contributed by atoms with Crippen LogP contribution in [0.1, 0.15) is 425 Å². The highest BCUT2D eigenvalue weighted by Crippen LogP contribution is 2.19. The van der Waals surface area contributed by atoms with Gasteiger partial charge in [0.15, 0.2) is 0 Å². The second-order valence-electron chi connectivity index (χ2n) is 26.0. The maximum atomic E-state index is 12.5. The first kappa shape index (κ1) is 80.3. The van der Waals surface area contributed by atoms with Gasteiger partial charge in [0.05, 0.1) is 25.4 Å². The van der Waals surface area contributed by atoms with Crippen molar-refractivity contribution in [2.24, 2.45) is 0 Å². The highest BCUT2D eigenvalue weighted by atomic mass is 16.5. The van der Waals surface area contributed by atoms with Crippen LogP contribution >= 0.6 is 0 Å². The van der Waals surface area contributed by atoms with Gasteiger partial charge in [-0.15, -0.1) is 0 Å². The van der Waals surface area contributed by atoms with Crippen molar-refractivity contribution in [2.45, 2.75) is 437 Å².